The maximum atomic E-state index is 14.6. The van der Waals surface area contributed by atoms with E-state index in [0.29, 0.717) is 0 Å². The van der Waals surface area contributed by atoms with Gasteiger partial charge in [-0.25, -0.2) is 35.1 Å². The van der Waals surface area contributed by atoms with E-state index in [2.05, 4.69) is 50.0 Å². The van der Waals surface area contributed by atoms with E-state index in [1.807, 2.05) is 0 Å². The topological polar surface area (TPSA) is 287 Å². The summed E-state index contributed by atoms with van der Waals surface area (Å²) in [7, 11) is -7.10. The van der Waals surface area contributed by atoms with E-state index in [-0.39, 0.29) is 71.5 Å². The zero-order chi connectivity index (χ0) is 64.6. The van der Waals surface area contributed by atoms with Crippen molar-refractivity contribution in [2.75, 3.05) is 78.7 Å². The van der Waals surface area contributed by atoms with Crippen LogP contribution in [0.2, 0.25) is 12.1 Å². The minimum Gasteiger partial charge on any atom is -0.463 e. The number of nitrogens with zero attached hydrogens (tertiary/aromatic N) is 5. The van der Waals surface area contributed by atoms with Gasteiger partial charge in [0.1, 0.15) is 0 Å². The van der Waals surface area contributed by atoms with Gasteiger partial charge >= 0.3 is 71.5 Å². The van der Waals surface area contributed by atoms with Crippen molar-refractivity contribution in [1.29, 1.82) is 0 Å². The number of hydrogen-bond acceptors (Lipinski definition) is 19. The summed E-state index contributed by atoms with van der Waals surface area (Å²) in [5.41, 5.74) is 4.70. The molecule has 4 rings (SSSR count). The zero-order valence-electron chi connectivity index (χ0n) is 44.9. The van der Waals surface area contributed by atoms with Gasteiger partial charge in [-0.2, -0.15) is 86.6 Å². The number of fused-ring (bicyclic) bond motifs is 1. The number of carbonyl (C=O) groups excluding carboxylic acids is 1. The standard InChI is InChI=1S/C43H52F16N10O12S2Si2/c1-24(70)63-30-22-25(13-14-29(30)64-35-65-34(60)66-36(67-35)81-18-15-37(46,47)39(50,51)41(54,55)43(58,59)42(56,57)40(52,53)38(48,49)33(44)45)68-69-26-21-28-27(32(23-26)83(73,74)62-17-10-20-85(78-5,79-6)80-7)11-8-12-31(28)82(71,72)61-16-9-19-84(75-2,76-3)77-4/h8,11-14,21-23,33,61-62H,9-10,15-20H2,1-7H3,(H,63,70)(H3,60,64,65,66,67). The number of amides is 1. The van der Waals surface area contributed by atoms with E-state index >= 15 is 0 Å². The monoisotopic (exact) mass is 1320 g/mol. The molecule has 0 spiro atoms. The first-order valence-electron chi connectivity index (χ1n) is 23.7. The normalized spacial score (nSPS) is 14.0. The molecule has 0 fully saturated rings. The Bertz CT molecular complexity index is 3240. The van der Waals surface area contributed by atoms with Gasteiger partial charge in [-0.1, -0.05) is 12.1 Å². The van der Waals surface area contributed by atoms with Crippen LogP contribution in [-0.2, 0) is 51.4 Å². The highest BCUT2D eigenvalue weighted by molar-refractivity contribution is 7.90. The molecule has 0 unspecified atom stereocenters. The Morgan fingerprint density at radius 2 is 1.11 bits per heavy atom. The molecule has 0 aliphatic heterocycles. The largest absolute Gasteiger partial charge is 0.500 e. The molecule has 4 aromatic rings. The second-order valence-corrected chi connectivity index (χ2v) is 27.2. The predicted octanol–water partition coefficient (Wildman–Crippen LogP) is 9.30. The van der Waals surface area contributed by atoms with Crippen LogP contribution in [0.25, 0.3) is 10.8 Å². The minimum absolute atomic E-state index is 0.0835. The molecule has 0 atom stereocenters. The van der Waals surface area contributed by atoms with Crippen molar-refractivity contribution in [3.8, 4) is 6.01 Å². The quantitative estimate of drug-likeness (QED) is 0.0126. The molecule has 6 N–H and O–H groups in total. The van der Waals surface area contributed by atoms with E-state index in [4.69, 9.17) is 32.3 Å². The molecular weight excluding hydrogens is 1270 g/mol. The molecule has 1 amide bonds. The summed E-state index contributed by atoms with van der Waals surface area (Å²) in [4.78, 5) is 21.9. The van der Waals surface area contributed by atoms with Gasteiger partial charge in [0.15, 0.2) is 0 Å². The lowest BCUT2D eigenvalue weighted by Gasteiger charge is -2.42. The van der Waals surface area contributed by atoms with Gasteiger partial charge in [0.05, 0.1) is 45.6 Å². The Morgan fingerprint density at radius 3 is 1.61 bits per heavy atom. The Hall–Kier alpha value is -5.71. The fourth-order valence-corrected chi connectivity index (χ4v) is 13.5. The number of anilines is 4. The molecule has 0 aliphatic carbocycles. The third kappa shape index (κ3) is 15.2. The average Bonchev–Trinajstić information content (AvgIpc) is 0.749. The van der Waals surface area contributed by atoms with Gasteiger partial charge in [0, 0.05) is 85.5 Å². The maximum Gasteiger partial charge on any atom is 0.500 e. The molecular formula is C43H52F16N10O12S2Si2. The van der Waals surface area contributed by atoms with Crippen molar-refractivity contribution >= 4 is 89.0 Å². The number of hydrogen-bond donors (Lipinski definition) is 5. The van der Waals surface area contributed by atoms with Crippen molar-refractivity contribution in [3.05, 3.63) is 48.5 Å². The Labute approximate surface area is 474 Å². The molecule has 0 bridgehead atoms. The van der Waals surface area contributed by atoms with Crippen LogP contribution in [0.15, 0.2) is 68.6 Å². The highest BCUT2D eigenvalue weighted by atomic mass is 32.2. The van der Waals surface area contributed by atoms with Crippen molar-refractivity contribution in [2.24, 2.45) is 10.2 Å². The van der Waals surface area contributed by atoms with E-state index < -0.39 is 132 Å². The van der Waals surface area contributed by atoms with Crippen LogP contribution in [-0.4, -0.2) is 166 Å². The summed E-state index contributed by atoms with van der Waals surface area (Å²) in [6.45, 7) is -1.41. The van der Waals surface area contributed by atoms with Crippen LogP contribution in [0.4, 0.5) is 105 Å². The smallest absolute Gasteiger partial charge is 0.463 e. The average molecular weight is 1330 g/mol. The first-order valence-corrected chi connectivity index (χ1v) is 30.5. The lowest BCUT2D eigenvalue weighted by atomic mass is 9.88. The number of rotatable bonds is 34. The van der Waals surface area contributed by atoms with Crippen molar-refractivity contribution in [1.82, 2.24) is 24.4 Å². The minimum atomic E-state index is -8.59. The molecule has 1 aromatic heterocycles. The Kier molecular flexibility index (Phi) is 22.9. The fraction of sp³-hybridized carbons (Fsp3) is 0.535. The van der Waals surface area contributed by atoms with E-state index in [9.17, 15) is 91.9 Å². The van der Waals surface area contributed by atoms with Crippen molar-refractivity contribution in [3.63, 3.8) is 0 Å². The number of carbonyl (C=O) groups is 1. The van der Waals surface area contributed by atoms with E-state index in [1.165, 1.54) is 73.0 Å². The summed E-state index contributed by atoms with van der Waals surface area (Å²) in [5, 5.41) is 12.8. The fourth-order valence-electron chi connectivity index (χ4n) is 7.43. The van der Waals surface area contributed by atoms with Crippen LogP contribution in [0.3, 0.4) is 0 Å². The van der Waals surface area contributed by atoms with Crippen LogP contribution >= 0.6 is 0 Å². The summed E-state index contributed by atoms with van der Waals surface area (Å²) < 4.78 is 319. The van der Waals surface area contributed by atoms with Crippen LogP contribution < -0.4 is 30.5 Å². The van der Waals surface area contributed by atoms with Crippen LogP contribution in [0.1, 0.15) is 26.2 Å². The molecule has 0 aliphatic rings. The molecule has 0 saturated heterocycles. The number of alkyl halides is 16. The van der Waals surface area contributed by atoms with Crippen LogP contribution in [0, 0.1) is 0 Å². The molecule has 3 aromatic carbocycles. The van der Waals surface area contributed by atoms with E-state index in [0.717, 1.165) is 25.1 Å². The van der Waals surface area contributed by atoms with Gasteiger partial charge in [0.2, 0.25) is 37.9 Å². The Balaban J connectivity index is 1.68. The summed E-state index contributed by atoms with van der Waals surface area (Å²) in [5.74, 6) is -58.4. The molecule has 1 heterocycles. The number of ether oxygens (including phenoxy) is 1. The number of sulfonamides is 2. The predicted molar refractivity (Wildman–Crippen MR) is 270 cm³/mol. The van der Waals surface area contributed by atoms with Crippen LogP contribution in [0.5, 0.6) is 6.01 Å². The van der Waals surface area contributed by atoms with E-state index in [1.54, 1.807) is 0 Å². The van der Waals surface area contributed by atoms with Gasteiger partial charge in [-0.3, -0.25) is 4.79 Å². The maximum absolute atomic E-state index is 14.6. The summed E-state index contributed by atoms with van der Waals surface area (Å²) >= 11 is 0. The lowest BCUT2D eigenvalue weighted by molar-refractivity contribution is -0.447. The van der Waals surface area contributed by atoms with Gasteiger partial charge in [-0.05, 0) is 49.2 Å². The molecule has 85 heavy (non-hydrogen) atoms. The third-order valence-corrected chi connectivity index (χ3v) is 20.8. The molecule has 0 saturated carbocycles. The highest BCUT2D eigenvalue weighted by Crippen LogP contribution is 2.63. The zero-order valence-corrected chi connectivity index (χ0v) is 48.6. The SMILES string of the molecule is CO[Si](CCCNS(=O)(=O)c1cc(N=Nc2ccc(Nc3nc(N)nc(OCCC(F)(F)C(F)(F)C(F)(F)C(F)(F)C(F)(F)C(F)(F)C(F)(F)C(F)F)n3)c(NC(C)=O)c2)cc2c(S(=O)(=O)NCCC[Si](OC)(OC)OC)cccc12)(OC)OC. The lowest BCUT2D eigenvalue weighted by Crippen LogP contribution is -2.73. The number of benzene rings is 3. The number of azo groups is 1. The Morgan fingerprint density at radius 1 is 0.612 bits per heavy atom. The number of nitrogen functional groups attached to an aromatic ring is 1. The number of halogens is 16. The van der Waals surface area contributed by atoms with Gasteiger partial charge < -0.3 is 47.7 Å². The molecule has 22 nitrogen and oxygen atoms in total. The van der Waals surface area contributed by atoms with Gasteiger partial charge in [0.25, 0.3) is 0 Å². The molecule has 42 heteroatoms. The first kappa shape index (κ1) is 71.8. The molecule has 478 valence electrons. The van der Waals surface area contributed by atoms with Crippen molar-refractivity contribution < 1.29 is 123 Å². The molecule has 0 radical (unpaired) electrons. The summed E-state index contributed by atoms with van der Waals surface area (Å²) in [6.07, 6.45) is -8.60. The highest BCUT2D eigenvalue weighted by Gasteiger charge is 2.93. The first-order chi connectivity index (χ1) is 39.1. The van der Waals surface area contributed by atoms with Crippen molar-refractivity contribution in [2.45, 2.75) is 95.9 Å². The number of nitrogens with two attached hydrogens (primary N) is 1. The second-order valence-electron chi connectivity index (χ2n) is 17.5. The summed E-state index contributed by atoms with van der Waals surface area (Å²) in [6, 6.07) is 8.59. The van der Waals surface area contributed by atoms with Gasteiger partial charge in [-0.15, -0.1) is 0 Å². The number of nitrogens with one attached hydrogen (secondary N) is 4. The number of aromatic nitrogens is 3. The third-order valence-electron chi connectivity index (χ3n) is 12.1. The second kappa shape index (κ2) is 27.1.